The van der Waals surface area contributed by atoms with E-state index < -0.39 is 5.60 Å². The average Bonchev–Trinajstić information content (AvgIpc) is 3.22. The molecule has 0 amide bonds. The minimum absolute atomic E-state index is 0. The first kappa shape index (κ1) is 67.0. The van der Waals surface area contributed by atoms with Gasteiger partial charge in [0.1, 0.15) is 0 Å². The summed E-state index contributed by atoms with van der Waals surface area (Å²) >= 11 is 13.7. The second-order valence-corrected chi connectivity index (χ2v) is 22.1. The van der Waals surface area contributed by atoms with Gasteiger partial charge in [0, 0.05) is 29.9 Å². The number of halogens is 5. The largest absolute Gasteiger partial charge is 2.00 e. The number of aliphatic hydroxyl groups is 1. The third kappa shape index (κ3) is 25.7. The molecule has 0 spiro atoms. The topological polar surface area (TPSA) is 37.3 Å². The van der Waals surface area contributed by atoms with Crippen molar-refractivity contribution in [1.29, 1.82) is 0 Å². The van der Waals surface area contributed by atoms with Crippen molar-refractivity contribution in [2.75, 3.05) is 0 Å². The predicted molar refractivity (Wildman–Crippen MR) is 301 cm³/mol. The number of unbranched alkanes of at least 4 members (excludes halogenated alkanes) is 1. The number of hydrogen-bond donors (Lipinski definition) is 1. The Labute approximate surface area is 463 Å². The molecule has 0 aliphatic heterocycles. The van der Waals surface area contributed by atoms with E-state index in [0.717, 1.165) is 46.6 Å². The van der Waals surface area contributed by atoms with Gasteiger partial charge in [-0.1, -0.05) is 192 Å². The van der Waals surface area contributed by atoms with Crippen LogP contribution < -0.4 is 17.0 Å². The first-order chi connectivity index (χ1) is 29.7. The number of hydrogen-bond acceptors (Lipinski definition) is 2. The van der Waals surface area contributed by atoms with Crippen LogP contribution in [0, 0.1) is 14.4 Å². The minimum atomic E-state index is -0.536. The number of fused-ring (bicyclic) bond motifs is 2. The molecule has 7 rings (SSSR count). The molecule has 0 bridgehead atoms. The Morgan fingerprint density at radius 2 is 1.09 bits per heavy atom. The van der Waals surface area contributed by atoms with Crippen LogP contribution in [0.25, 0.3) is 0 Å². The second kappa shape index (κ2) is 34.3. The van der Waals surface area contributed by atoms with Gasteiger partial charge in [-0.2, -0.15) is 0 Å². The molecule has 0 unspecified atom stereocenters. The summed E-state index contributed by atoms with van der Waals surface area (Å²) in [6.07, 6.45) is 13.4. The zero-order chi connectivity index (χ0) is 47.2. The van der Waals surface area contributed by atoms with Crippen LogP contribution in [0.4, 0.5) is 0 Å². The van der Waals surface area contributed by atoms with Crippen LogP contribution in [-0.4, -0.2) is 39.5 Å². The van der Waals surface area contributed by atoms with Gasteiger partial charge in [0.05, 0.1) is 5.60 Å². The number of Topliss-reactive ketones (excluding diaryl/α,β-unsaturated/α-hetero) is 1. The van der Waals surface area contributed by atoms with Gasteiger partial charge in [-0.3, -0.25) is 4.79 Å². The molecule has 0 heterocycles. The summed E-state index contributed by atoms with van der Waals surface area (Å²) < 4.78 is 4.47. The van der Waals surface area contributed by atoms with Crippen molar-refractivity contribution in [2.45, 2.75) is 170 Å². The summed E-state index contributed by atoms with van der Waals surface area (Å²) in [6.45, 7) is 23.4. The standard InChI is InChI=1S/C13H18.C12H13BrO.C12H17BrO.C10H13Br.C8H9Br.C2H6.CH3.BrH.Mg/c1-10-6-7-12-11(9-10)5-4-8-13(12,2)3;1-12(2)6-5-11(14)9-7-8(13)3-4-10(9)12;1-12(2,14)8-4-6-10-5-3-7-11(13)9-10;1-2-3-5-9-6-4-7-10(11)8-9;1-2-7-4-3-5-8(9)6-7;1-2;;;/h6-7,9H,4-5,8H2,1-3H3;3-4,7H,5-6H2,1-2H3;3,5,7,9,14H,4,6,8H2,1-2H3;4,6-8H,2-3,5H2,1H3;3-6H,2H2,1H3;1-2H3;1H3;1H;/q;;;;;;-1;;+2/p-1. The Balaban J connectivity index is 0. The number of aryl methyl sites for hydroxylation is 5. The van der Waals surface area contributed by atoms with Crippen LogP contribution in [0.3, 0.4) is 0 Å². The molecule has 0 radical (unpaired) electrons. The van der Waals surface area contributed by atoms with Gasteiger partial charge in [-0.25, -0.2) is 0 Å². The molecule has 66 heavy (non-hydrogen) atoms. The van der Waals surface area contributed by atoms with Crippen molar-refractivity contribution in [3.05, 3.63) is 179 Å². The van der Waals surface area contributed by atoms with E-state index in [1.165, 1.54) is 75.3 Å². The molecule has 0 aromatic heterocycles. The zero-order valence-electron chi connectivity index (χ0n) is 42.3. The Hall–Kier alpha value is -1.10. The third-order valence-electron chi connectivity index (χ3n) is 11.4. The van der Waals surface area contributed by atoms with Crippen LogP contribution in [0.1, 0.15) is 170 Å². The van der Waals surface area contributed by atoms with Crippen molar-refractivity contribution in [2.24, 2.45) is 0 Å². The van der Waals surface area contributed by atoms with Crippen LogP contribution in [0.5, 0.6) is 0 Å². The minimum Gasteiger partial charge on any atom is -1.00 e. The quantitative estimate of drug-likeness (QED) is 0.124. The Morgan fingerprint density at radius 3 is 1.58 bits per heavy atom. The second-order valence-electron chi connectivity index (χ2n) is 18.4. The zero-order valence-corrected chi connectivity index (χ0v) is 51.7. The first-order valence-corrected chi connectivity index (χ1v) is 26.3. The van der Waals surface area contributed by atoms with Gasteiger partial charge < -0.3 is 29.5 Å². The molecular formula is C58H79Br5MgO2. The molecule has 5 aromatic rings. The van der Waals surface area contributed by atoms with E-state index in [4.69, 9.17) is 0 Å². The van der Waals surface area contributed by atoms with Gasteiger partial charge in [-0.05, 0) is 178 Å². The smallest absolute Gasteiger partial charge is 1.00 e. The molecular weight excluding hydrogens is 1150 g/mol. The van der Waals surface area contributed by atoms with E-state index in [0.29, 0.717) is 11.8 Å². The number of ketones is 1. The Morgan fingerprint density at radius 1 is 0.621 bits per heavy atom. The summed E-state index contributed by atoms with van der Waals surface area (Å²) in [5, 5.41) is 9.54. The van der Waals surface area contributed by atoms with E-state index >= 15 is 0 Å². The van der Waals surface area contributed by atoms with Crippen LogP contribution >= 0.6 is 63.7 Å². The molecule has 2 nitrogen and oxygen atoms in total. The fraction of sp³-hybridized carbons (Fsp3) is 0.448. The fourth-order valence-corrected chi connectivity index (χ4v) is 9.43. The van der Waals surface area contributed by atoms with Gasteiger partial charge >= 0.3 is 23.1 Å². The van der Waals surface area contributed by atoms with Crippen LogP contribution in [0.15, 0.2) is 127 Å². The summed E-state index contributed by atoms with van der Waals surface area (Å²) in [5.74, 6) is 0.278. The molecule has 2 aliphatic carbocycles. The van der Waals surface area contributed by atoms with Crippen molar-refractivity contribution in [1.82, 2.24) is 0 Å². The Bertz CT molecular complexity index is 2120. The van der Waals surface area contributed by atoms with Crippen LogP contribution in [0.2, 0.25) is 0 Å². The van der Waals surface area contributed by atoms with E-state index in [1.54, 1.807) is 11.1 Å². The molecule has 360 valence electrons. The molecule has 2 aliphatic rings. The SMILES string of the molecule is CC.CC(C)(O)CCCc1cccc(Br)c1.CC1(C)CCC(=O)c2cc(Br)ccc21.CCCCc1cccc(Br)c1.CCc1cccc(Br)c1.Cc1ccc2c(c1)CCCC2(C)C.[Br-].[CH3-].[Mg+2]. The summed E-state index contributed by atoms with van der Waals surface area (Å²) in [6, 6.07) is 38.2. The maximum atomic E-state index is 11.7. The van der Waals surface area contributed by atoms with Gasteiger partial charge in [0.15, 0.2) is 5.78 Å². The van der Waals surface area contributed by atoms with Crippen LogP contribution in [-0.2, 0) is 36.5 Å². The van der Waals surface area contributed by atoms with Gasteiger partial charge in [-0.15, -0.1) is 0 Å². The van der Waals surface area contributed by atoms with Crippen molar-refractivity contribution < 1.29 is 26.9 Å². The van der Waals surface area contributed by atoms with E-state index in [-0.39, 0.29) is 58.7 Å². The average molecular weight is 1230 g/mol. The number of carbonyl (C=O) groups excluding carboxylic acids is 1. The molecule has 0 fully saturated rings. The molecule has 0 saturated carbocycles. The maximum Gasteiger partial charge on any atom is 2.00 e. The van der Waals surface area contributed by atoms with E-state index in [2.05, 4.69) is 191 Å². The van der Waals surface area contributed by atoms with Crippen molar-refractivity contribution in [3.8, 4) is 0 Å². The normalized spacial score (nSPS) is 13.5. The molecule has 8 heteroatoms. The molecule has 0 saturated heterocycles. The Kier molecular flexibility index (Phi) is 34.8. The number of rotatable bonds is 8. The molecule has 0 atom stereocenters. The van der Waals surface area contributed by atoms with E-state index in [9.17, 15) is 9.90 Å². The molecule has 1 N–H and O–H groups in total. The number of carbonyl (C=O) groups is 1. The number of benzene rings is 5. The molecule has 5 aromatic carbocycles. The van der Waals surface area contributed by atoms with E-state index in [1.807, 2.05) is 58.0 Å². The van der Waals surface area contributed by atoms with Gasteiger partial charge in [0.2, 0.25) is 0 Å². The fourth-order valence-electron chi connectivity index (χ4n) is 7.73. The maximum absolute atomic E-state index is 11.7. The van der Waals surface area contributed by atoms with Crippen molar-refractivity contribution in [3.63, 3.8) is 0 Å². The van der Waals surface area contributed by atoms with Crippen molar-refractivity contribution >= 4 is 92.6 Å². The summed E-state index contributed by atoms with van der Waals surface area (Å²) in [7, 11) is 0. The first-order valence-electron chi connectivity index (χ1n) is 23.1. The monoisotopic (exact) mass is 1230 g/mol. The predicted octanol–water partition coefficient (Wildman–Crippen LogP) is 15.8. The summed E-state index contributed by atoms with van der Waals surface area (Å²) in [4.78, 5) is 11.7. The van der Waals surface area contributed by atoms with Gasteiger partial charge in [0.25, 0.3) is 0 Å². The third-order valence-corrected chi connectivity index (χ3v) is 13.3. The summed E-state index contributed by atoms with van der Waals surface area (Å²) in [5.41, 5.74) is 10.8.